The number of ether oxygens (including phenoxy) is 1. The molecule has 96 valence electrons. The van der Waals surface area contributed by atoms with Crippen molar-refractivity contribution in [2.75, 3.05) is 18.9 Å². The number of aliphatic hydroxyl groups excluding tert-OH is 1. The van der Waals surface area contributed by atoms with Crippen molar-refractivity contribution in [2.24, 2.45) is 5.73 Å². The highest BCUT2D eigenvalue weighted by molar-refractivity contribution is 5.98. The highest BCUT2D eigenvalue weighted by Crippen LogP contribution is 2.26. The predicted octanol–water partition coefficient (Wildman–Crippen LogP) is 0.00520. The highest BCUT2D eigenvalue weighted by atomic mass is 16.5. The van der Waals surface area contributed by atoms with E-state index in [1.54, 1.807) is 6.07 Å². The lowest BCUT2D eigenvalue weighted by Gasteiger charge is -2.07. The van der Waals surface area contributed by atoms with E-state index in [0.717, 1.165) is 0 Å². The second-order valence-corrected chi connectivity index (χ2v) is 3.78. The molecule has 1 aromatic heterocycles. The summed E-state index contributed by atoms with van der Waals surface area (Å²) in [4.78, 5) is 18.1. The van der Waals surface area contributed by atoms with Crippen LogP contribution in [0.1, 0.15) is 16.8 Å². The van der Waals surface area contributed by atoms with Gasteiger partial charge in [0.15, 0.2) is 5.95 Å². The molecule has 18 heavy (non-hydrogen) atoms. The van der Waals surface area contributed by atoms with E-state index in [2.05, 4.69) is 9.97 Å². The summed E-state index contributed by atoms with van der Waals surface area (Å²) < 4.78 is 5.46. The van der Waals surface area contributed by atoms with E-state index in [1.807, 2.05) is 0 Å². The van der Waals surface area contributed by atoms with Crippen molar-refractivity contribution in [1.82, 2.24) is 9.97 Å². The largest absolute Gasteiger partial charge is 0.491 e. The fraction of sp³-hybridized carbons (Fsp3) is 0.273. The molecule has 2 aromatic rings. The smallest absolute Gasteiger partial charge is 0.248 e. The lowest BCUT2D eigenvalue weighted by Crippen LogP contribution is -2.11. The number of H-pyrrole nitrogens is 1. The van der Waals surface area contributed by atoms with E-state index in [1.165, 1.54) is 6.07 Å². The maximum atomic E-state index is 11.2. The van der Waals surface area contributed by atoms with Crippen LogP contribution in [0.3, 0.4) is 0 Å². The Morgan fingerprint density at radius 2 is 2.28 bits per heavy atom. The molecule has 6 N–H and O–H groups in total. The Balaban J connectivity index is 2.43. The molecule has 0 spiro atoms. The maximum absolute atomic E-state index is 11.2. The summed E-state index contributed by atoms with van der Waals surface area (Å²) in [6.45, 7) is 0.349. The number of aromatic amines is 1. The first-order valence-corrected chi connectivity index (χ1v) is 5.44. The first kappa shape index (κ1) is 12.2. The number of carbonyl (C=O) groups is 1. The summed E-state index contributed by atoms with van der Waals surface area (Å²) in [6, 6.07) is 3.09. The van der Waals surface area contributed by atoms with Gasteiger partial charge in [-0.25, -0.2) is 4.98 Å². The number of rotatable bonds is 5. The lowest BCUT2D eigenvalue weighted by molar-refractivity contribution is 0.1000. The van der Waals surface area contributed by atoms with Crippen molar-refractivity contribution >= 4 is 22.9 Å². The third-order valence-electron chi connectivity index (χ3n) is 2.41. The minimum atomic E-state index is -0.558. The van der Waals surface area contributed by atoms with E-state index in [-0.39, 0.29) is 12.6 Å². The van der Waals surface area contributed by atoms with Gasteiger partial charge < -0.3 is 26.3 Å². The number of nitrogens with one attached hydrogen (secondary N) is 1. The third kappa shape index (κ3) is 2.35. The van der Waals surface area contributed by atoms with Crippen LogP contribution in [0.4, 0.5) is 5.95 Å². The average Bonchev–Trinajstić information content (AvgIpc) is 2.69. The van der Waals surface area contributed by atoms with E-state index < -0.39 is 5.91 Å². The van der Waals surface area contributed by atoms with Gasteiger partial charge in [-0.05, 0) is 12.1 Å². The van der Waals surface area contributed by atoms with Crippen molar-refractivity contribution in [3.8, 4) is 5.75 Å². The molecule has 0 saturated heterocycles. The van der Waals surface area contributed by atoms with Gasteiger partial charge in [-0.1, -0.05) is 0 Å². The first-order valence-electron chi connectivity index (χ1n) is 5.44. The van der Waals surface area contributed by atoms with Crippen molar-refractivity contribution in [2.45, 2.75) is 6.42 Å². The zero-order valence-corrected chi connectivity index (χ0v) is 9.64. The number of aromatic nitrogens is 2. The molecule has 1 aromatic carbocycles. The molecule has 1 amide bonds. The van der Waals surface area contributed by atoms with E-state index in [9.17, 15) is 4.79 Å². The minimum Gasteiger partial charge on any atom is -0.491 e. The lowest BCUT2D eigenvalue weighted by atomic mass is 10.2. The Bertz CT molecular complexity index is 579. The first-order chi connectivity index (χ1) is 8.61. The molecule has 2 rings (SSSR count). The maximum Gasteiger partial charge on any atom is 0.248 e. The molecular formula is C11H14N4O3. The standard InChI is InChI=1S/C11H14N4O3/c12-10(17)6-4-7-9(15-11(13)14-7)8(5-6)18-3-1-2-16/h4-5,16H,1-3H2,(H2,12,17)(H3,13,14,15). The molecule has 0 radical (unpaired) electrons. The molecule has 0 unspecified atom stereocenters. The summed E-state index contributed by atoms with van der Waals surface area (Å²) in [5.74, 6) is 0.0957. The number of imidazole rings is 1. The van der Waals surface area contributed by atoms with Gasteiger partial charge in [-0.3, -0.25) is 4.79 Å². The van der Waals surface area contributed by atoms with E-state index in [0.29, 0.717) is 35.4 Å². The van der Waals surface area contributed by atoms with Gasteiger partial charge in [0.2, 0.25) is 5.91 Å². The fourth-order valence-electron chi connectivity index (χ4n) is 1.60. The summed E-state index contributed by atoms with van der Waals surface area (Å²) in [6.07, 6.45) is 0.488. The van der Waals surface area contributed by atoms with Gasteiger partial charge >= 0.3 is 0 Å². The van der Waals surface area contributed by atoms with Crippen LogP contribution in [0.25, 0.3) is 11.0 Å². The molecule has 0 fully saturated rings. The molecule has 0 atom stereocenters. The number of fused-ring (bicyclic) bond motifs is 1. The van der Waals surface area contributed by atoms with E-state index in [4.69, 9.17) is 21.3 Å². The number of nitrogens with two attached hydrogens (primary N) is 2. The van der Waals surface area contributed by atoms with E-state index >= 15 is 0 Å². The van der Waals surface area contributed by atoms with Gasteiger partial charge in [0, 0.05) is 18.6 Å². The summed E-state index contributed by atoms with van der Waals surface area (Å²) >= 11 is 0. The van der Waals surface area contributed by atoms with Crippen LogP contribution in [-0.4, -0.2) is 34.2 Å². The average molecular weight is 250 g/mol. The third-order valence-corrected chi connectivity index (χ3v) is 2.41. The number of amides is 1. The second kappa shape index (κ2) is 4.92. The molecule has 0 aliphatic rings. The number of anilines is 1. The van der Waals surface area contributed by atoms with Gasteiger partial charge in [0.05, 0.1) is 12.1 Å². The molecular weight excluding hydrogens is 236 g/mol. The quantitative estimate of drug-likeness (QED) is 0.555. The number of primary amides is 1. The number of nitrogens with zero attached hydrogens (tertiary/aromatic N) is 1. The normalized spacial score (nSPS) is 10.7. The number of hydrogen-bond acceptors (Lipinski definition) is 5. The number of hydrogen-bond donors (Lipinski definition) is 4. The zero-order chi connectivity index (χ0) is 13.1. The fourth-order valence-corrected chi connectivity index (χ4v) is 1.60. The number of benzene rings is 1. The molecule has 0 saturated carbocycles. The number of nitrogen functional groups attached to an aromatic ring is 1. The van der Waals surface area contributed by atoms with Crippen molar-refractivity contribution in [3.05, 3.63) is 17.7 Å². The molecule has 0 bridgehead atoms. The Morgan fingerprint density at radius 3 is 2.94 bits per heavy atom. The van der Waals surface area contributed by atoms with Gasteiger partial charge in [0.25, 0.3) is 0 Å². The summed E-state index contributed by atoms with van der Waals surface area (Å²) in [7, 11) is 0. The van der Waals surface area contributed by atoms with Crippen LogP contribution in [0.15, 0.2) is 12.1 Å². The van der Waals surface area contributed by atoms with Crippen LogP contribution in [0, 0.1) is 0 Å². The van der Waals surface area contributed by atoms with Crippen LogP contribution in [0.2, 0.25) is 0 Å². The van der Waals surface area contributed by atoms with Crippen molar-refractivity contribution in [1.29, 1.82) is 0 Å². The Morgan fingerprint density at radius 1 is 1.50 bits per heavy atom. The minimum absolute atomic E-state index is 0.0291. The SMILES string of the molecule is NC(=O)c1cc(OCCCO)c2nc(N)[nH]c2c1. The van der Waals surface area contributed by atoms with Crippen molar-refractivity contribution < 1.29 is 14.6 Å². The zero-order valence-electron chi connectivity index (χ0n) is 9.64. The van der Waals surface area contributed by atoms with Crippen molar-refractivity contribution in [3.63, 3.8) is 0 Å². The Kier molecular flexibility index (Phi) is 3.33. The van der Waals surface area contributed by atoms with Gasteiger partial charge in [0.1, 0.15) is 11.3 Å². The van der Waals surface area contributed by atoms with Crippen LogP contribution in [-0.2, 0) is 0 Å². The molecule has 7 heteroatoms. The molecule has 0 aliphatic carbocycles. The summed E-state index contributed by atoms with van der Waals surface area (Å²) in [5.41, 5.74) is 12.2. The highest BCUT2D eigenvalue weighted by Gasteiger charge is 2.12. The predicted molar refractivity (Wildman–Crippen MR) is 66.2 cm³/mol. The second-order valence-electron chi connectivity index (χ2n) is 3.78. The Hall–Kier alpha value is -2.28. The Labute approximate surface area is 103 Å². The van der Waals surface area contributed by atoms with Crippen LogP contribution in [0.5, 0.6) is 5.75 Å². The molecule has 1 heterocycles. The molecule has 0 aliphatic heterocycles. The van der Waals surface area contributed by atoms with Crippen LogP contribution < -0.4 is 16.2 Å². The number of aliphatic hydroxyl groups is 1. The number of carbonyl (C=O) groups excluding carboxylic acids is 1. The van der Waals surface area contributed by atoms with Gasteiger partial charge in [-0.2, -0.15) is 0 Å². The monoisotopic (exact) mass is 250 g/mol. The van der Waals surface area contributed by atoms with Gasteiger partial charge in [-0.15, -0.1) is 0 Å². The topological polar surface area (TPSA) is 127 Å². The summed E-state index contributed by atoms with van der Waals surface area (Å²) in [5, 5.41) is 8.71. The molecule has 7 nitrogen and oxygen atoms in total. The van der Waals surface area contributed by atoms with Crippen LogP contribution >= 0.6 is 0 Å².